The molecular weight excluding hydrogens is 845 g/mol. The van der Waals surface area contributed by atoms with Crippen LogP contribution < -0.4 is 4.90 Å². The Labute approximate surface area is 417 Å². The molecule has 2 heteroatoms. The molecule has 1 aromatic heterocycles. The molecule has 70 heavy (non-hydrogen) atoms. The van der Waals surface area contributed by atoms with E-state index in [4.69, 9.17) is 0 Å². The fourth-order valence-electron chi connectivity index (χ4n) is 10.2. The second-order valence-corrected chi connectivity index (χ2v) is 23.6. The van der Waals surface area contributed by atoms with Crippen molar-refractivity contribution in [3.05, 3.63) is 216 Å². The number of nitrogens with zero attached hydrogens (tertiary/aromatic N) is 2. The number of anilines is 3. The quantitative estimate of drug-likeness (QED) is 0.155. The van der Waals surface area contributed by atoms with Gasteiger partial charge in [0.2, 0.25) is 0 Å². The van der Waals surface area contributed by atoms with Gasteiger partial charge in [0.05, 0.1) is 16.7 Å². The van der Waals surface area contributed by atoms with Gasteiger partial charge in [0, 0.05) is 33.4 Å². The van der Waals surface area contributed by atoms with Gasteiger partial charge in [-0.25, -0.2) is 0 Å². The molecule has 0 aliphatic carbocycles. The highest BCUT2D eigenvalue weighted by Crippen LogP contribution is 2.48. The van der Waals surface area contributed by atoms with Gasteiger partial charge in [0.1, 0.15) is 0 Å². The number of rotatable bonds is 7. The SMILES string of the molecule is CC(C)(C)c1cc(-c2cccc3cccc(-c4ccccc4N(c4cccc(-c5ccc6c(c5)c5ccccc5n6-c5ccccc5)c4)c4cc(C(C)(C)C)cc(C(C)(C)C)c4)c23)cc(C(C)(C)C)c1. The van der Waals surface area contributed by atoms with Crippen LogP contribution in [0.3, 0.4) is 0 Å². The Balaban J connectivity index is 1.21. The van der Waals surface area contributed by atoms with E-state index in [1.54, 1.807) is 0 Å². The van der Waals surface area contributed by atoms with Gasteiger partial charge in [-0.05, 0) is 143 Å². The molecule has 0 unspecified atom stereocenters. The van der Waals surface area contributed by atoms with Crippen LogP contribution in [-0.4, -0.2) is 4.57 Å². The maximum Gasteiger partial charge on any atom is 0.0541 e. The molecule has 0 saturated heterocycles. The Hall–Kier alpha value is -7.16. The van der Waals surface area contributed by atoms with Gasteiger partial charge < -0.3 is 9.47 Å². The van der Waals surface area contributed by atoms with Crippen molar-refractivity contribution in [3.63, 3.8) is 0 Å². The van der Waals surface area contributed by atoms with Crippen LogP contribution in [0, 0.1) is 0 Å². The molecule has 10 rings (SSSR count). The number of fused-ring (bicyclic) bond motifs is 4. The second kappa shape index (κ2) is 17.4. The molecule has 350 valence electrons. The predicted octanol–water partition coefficient (Wildman–Crippen LogP) is 19.6. The van der Waals surface area contributed by atoms with E-state index in [2.05, 4.69) is 287 Å². The van der Waals surface area contributed by atoms with E-state index in [9.17, 15) is 0 Å². The Bertz CT molecular complexity index is 3500. The maximum atomic E-state index is 2.53. The summed E-state index contributed by atoms with van der Waals surface area (Å²) in [6.07, 6.45) is 0. The molecule has 0 radical (unpaired) electrons. The largest absolute Gasteiger partial charge is 0.310 e. The van der Waals surface area contributed by atoms with Crippen molar-refractivity contribution < 1.29 is 0 Å². The van der Waals surface area contributed by atoms with Crippen molar-refractivity contribution in [2.24, 2.45) is 0 Å². The smallest absolute Gasteiger partial charge is 0.0541 e. The molecule has 0 atom stereocenters. The standard InChI is InChI=1S/C68H68N2/c1-65(2,3)49-37-48(38-50(41-49)66(4,5)6)56-31-21-23-45-24-22-32-59(64(45)56)57-29-16-18-33-61(57)69(55-43-51(67(7,8)9)42-52(44-55)68(10,11)12)54-28-20-25-46(39-54)47-35-36-63-60(40-47)58-30-17-19-34-62(58)70(63)53-26-14-13-15-27-53/h13-44H,1-12H3. The third-order valence-corrected chi connectivity index (χ3v) is 14.3. The van der Waals surface area contributed by atoms with Crippen LogP contribution in [0.5, 0.6) is 0 Å². The average Bonchev–Trinajstić information content (AvgIpc) is 3.67. The van der Waals surface area contributed by atoms with E-state index in [1.807, 2.05) is 0 Å². The highest BCUT2D eigenvalue weighted by Gasteiger charge is 2.27. The summed E-state index contributed by atoms with van der Waals surface area (Å²) in [4.78, 5) is 2.53. The highest BCUT2D eigenvalue weighted by molar-refractivity contribution is 6.11. The van der Waals surface area contributed by atoms with Gasteiger partial charge in [0.15, 0.2) is 0 Å². The van der Waals surface area contributed by atoms with Crippen LogP contribution in [-0.2, 0) is 21.7 Å². The van der Waals surface area contributed by atoms with Gasteiger partial charge in [-0.15, -0.1) is 0 Å². The lowest BCUT2D eigenvalue weighted by molar-refractivity contribution is 0.568. The Morgan fingerprint density at radius 1 is 0.329 bits per heavy atom. The lowest BCUT2D eigenvalue weighted by Gasteiger charge is -2.32. The predicted molar refractivity (Wildman–Crippen MR) is 304 cm³/mol. The van der Waals surface area contributed by atoms with E-state index in [0.29, 0.717) is 0 Å². The van der Waals surface area contributed by atoms with Gasteiger partial charge in [-0.3, -0.25) is 0 Å². The minimum absolute atomic E-state index is 0.00857. The highest BCUT2D eigenvalue weighted by atomic mass is 15.1. The fourth-order valence-corrected chi connectivity index (χ4v) is 10.2. The van der Waals surface area contributed by atoms with Crippen LogP contribution in [0.25, 0.3) is 71.6 Å². The van der Waals surface area contributed by atoms with Crippen molar-refractivity contribution in [1.82, 2.24) is 4.57 Å². The van der Waals surface area contributed by atoms with Crippen LogP contribution >= 0.6 is 0 Å². The summed E-state index contributed by atoms with van der Waals surface area (Å²) in [5, 5.41) is 4.98. The lowest BCUT2D eigenvalue weighted by Crippen LogP contribution is -2.19. The second-order valence-electron chi connectivity index (χ2n) is 23.6. The molecule has 10 aromatic rings. The first-order chi connectivity index (χ1) is 33.2. The summed E-state index contributed by atoms with van der Waals surface area (Å²) < 4.78 is 2.39. The zero-order chi connectivity index (χ0) is 49.3. The summed E-state index contributed by atoms with van der Waals surface area (Å²) in [5.41, 5.74) is 19.4. The lowest BCUT2D eigenvalue weighted by atomic mass is 9.78. The molecule has 0 saturated carbocycles. The normalized spacial score (nSPS) is 12.6. The van der Waals surface area contributed by atoms with Crippen molar-refractivity contribution >= 4 is 49.6 Å². The van der Waals surface area contributed by atoms with E-state index in [0.717, 1.165) is 22.7 Å². The van der Waals surface area contributed by atoms with Crippen molar-refractivity contribution in [3.8, 4) is 39.1 Å². The van der Waals surface area contributed by atoms with Crippen LogP contribution in [0.1, 0.15) is 105 Å². The number of para-hydroxylation sites is 3. The van der Waals surface area contributed by atoms with Crippen molar-refractivity contribution in [2.75, 3.05) is 4.90 Å². The summed E-state index contributed by atoms with van der Waals surface area (Å²) in [5.74, 6) is 0. The molecule has 0 bridgehead atoms. The van der Waals surface area contributed by atoms with Crippen molar-refractivity contribution in [1.29, 1.82) is 0 Å². The van der Waals surface area contributed by atoms with Crippen LogP contribution in [0.15, 0.2) is 194 Å². The summed E-state index contributed by atoms with van der Waals surface area (Å²) in [7, 11) is 0. The topological polar surface area (TPSA) is 8.17 Å². The third kappa shape index (κ3) is 8.74. The zero-order valence-corrected chi connectivity index (χ0v) is 43.4. The molecule has 1 heterocycles. The minimum atomic E-state index is -0.0740. The average molecular weight is 913 g/mol. The Morgan fingerprint density at radius 3 is 1.49 bits per heavy atom. The fraction of sp³-hybridized carbons (Fsp3) is 0.235. The molecule has 0 amide bonds. The summed E-state index contributed by atoms with van der Waals surface area (Å²) in [6.45, 7) is 28.0. The zero-order valence-electron chi connectivity index (χ0n) is 43.4. The molecule has 2 nitrogen and oxygen atoms in total. The van der Waals surface area contributed by atoms with Gasteiger partial charge >= 0.3 is 0 Å². The third-order valence-electron chi connectivity index (χ3n) is 14.3. The monoisotopic (exact) mass is 913 g/mol. The molecule has 0 aliphatic heterocycles. The minimum Gasteiger partial charge on any atom is -0.310 e. The molecule has 9 aromatic carbocycles. The van der Waals surface area contributed by atoms with E-state index < -0.39 is 0 Å². The molecule has 0 spiro atoms. The molecule has 0 fully saturated rings. The van der Waals surface area contributed by atoms with Gasteiger partial charge in [0.25, 0.3) is 0 Å². The van der Waals surface area contributed by atoms with Gasteiger partial charge in [-0.1, -0.05) is 217 Å². The van der Waals surface area contributed by atoms with Crippen molar-refractivity contribution in [2.45, 2.75) is 105 Å². The first kappa shape index (κ1) is 46.6. The first-order valence-electron chi connectivity index (χ1n) is 25.2. The Morgan fingerprint density at radius 2 is 0.843 bits per heavy atom. The molecular formula is C68H68N2. The van der Waals surface area contributed by atoms with Crippen LogP contribution in [0.4, 0.5) is 17.1 Å². The van der Waals surface area contributed by atoms with Gasteiger partial charge in [-0.2, -0.15) is 0 Å². The Kier molecular flexibility index (Phi) is 11.5. The summed E-state index contributed by atoms with van der Waals surface area (Å²) >= 11 is 0. The van der Waals surface area contributed by atoms with E-state index >= 15 is 0 Å². The summed E-state index contributed by atoms with van der Waals surface area (Å²) in [6, 6.07) is 73.1. The maximum absolute atomic E-state index is 2.53. The van der Waals surface area contributed by atoms with E-state index in [-0.39, 0.29) is 21.7 Å². The van der Waals surface area contributed by atoms with Crippen LogP contribution in [0.2, 0.25) is 0 Å². The number of hydrogen-bond acceptors (Lipinski definition) is 1. The number of aromatic nitrogens is 1. The molecule has 0 N–H and O–H groups in total. The number of benzene rings is 9. The first-order valence-corrected chi connectivity index (χ1v) is 25.2. The van der Waals surface area contributed by atoms with E-state index in [1.165, 1.54) is 88.2 Å². The number of hydrogen-bond donors (Lipinski definition) is 0. The molecule has 0 aliphatic rings.